The van der Waals surface area contributed by atoms with Gasteiger partial charge in [-0.1, -0.05) is 0 Å². The molecule has 1 amide bonds. The minimum atomic E-state index is -0.474. The number of pyridine rings is 1. The maximum absolute atomic E-state index is 11.2. The average Bonchev–Trinajstić information content (AvgIpc) is 3.29. The largest absolute Gasteiger partial charge is 0.378 e. The standard InChI is InChI=1S/C18H19N5O3/c1-25-18(3-5-26-11-18)13-6-14(10-20-9-13)23-4-2-12-8-21-16(7-15(19)24)22-17(12)23/h2,4,6,8-10H,3,5,7,11H2,1H3,(H2,19,24). The second kappa shape index (κ2) is 6.47. The van der Waals surface area contributed by atoms with Crippen molar-refractivity contribution in [3.63, 3.8) is 0 Å². The lowest BCUT2D eigenvalue weighted by molar-refractivity contribution is -0.117. The molecule has 8 nitrogen and oxygen atoms in total. The Kier molecular flexibility index (Phi) is 4.14. The molecule has 26 heavy (non-hydrogen) atoms. The number of rotatable bonds is 5. The van der Waals surface area contributed by atoms with E-state index in [1.54, 1.807) is 25.7 Å². The summed E-state index contributed by atoms with van der Waals surface area (Å²) in [5.74, 6) is -0.0685. The molecular weight excluding hydrogens is 334 g/mol. The summed E-state index contributed by atoms with van der Waals surface area (Å²) < 4.78 is 13.2. The number of aromatic nitrogens is 4. The maximum Gasteiger partial charge on any atom is 0.225 e. The highest BCUT2D eigenvalue weighted by molar-refractivity contribution is 5.79. The van der Waals surface area contributed by atoms with Crippen LogP contribution >= 0.6 is 0 Å². The highest BCUT2D eigenvalue weighted by Crippen LogP contribution is 2.34. The number of hydrogen-bond donors (Lipinski definition) is 1. The van der Waals surface area contributed by atoms with E-state index in [9.17, 15) is 4.79 Å². The molecule has 1 aliphatic heterocycles. The van der Waals surface area contributed by atoms with Gasteiger partial charge < -0.3 is 15.2 Å². The first kappa shape index (κ1) is 16.6. The van der Waals surface area contributed by atoms with E-state index < -0.39 is 11.5 Å². The first-order valence-corrected chi connectivity index (χ1v) is 8.31. The SMILES string of the molecule is COC1(c2cncc(-n3ccc4cnc(CC(N)=O)nc43)c2)CCOC1. The van der Waals surface area contributed by atoms with Crippen LogP contribution in [0.2, 0.25) is 0 Å². The molecule has 4 heterocycles. The Balaban J connectivity index is 1.78. The lowest BCUT2D eigenvalue weighted by atomic mass is 9.94. The molecule has 8 heteroatoms. The first-order valence-electron chi connectivity index (χ1n) is 8.31. The molecule has 1 atom stereocenters. The van der Waals surface area contributed by atoms with Gasteiger partial charge in [-0.2, -0.15) is 0 Å². The molecule has 1 aliphatic rings. The van der Waals surface area contributed by atoms with Crippen LogP contribution in [0.1, 0.15) is 17.8 Å². The summed E-state index contributed by atoms with van der Waals surface area (Å²) in [5, 5.41) is 0.870. The predicted octanol–water partition coefficient (Wildman–Crippen LogP) is 1.11. The van der Waals surface area contributed by atoms with Gasteiger partial charge in [0.05, 0.1) is 24.9 Å². The quantitative estimate of drug-likeness (QED) is 0.736. The minimum absolute atomic E-state index is 0.00351. The topological polar surface area (TPSA) is 105 Å². The number of carbonyl (C=O) groups excluding carboxylic acids is 1. The highest BCUT2D eigenvalue weighted by atomic mass is 16.5. The lowest BCUT2D eigenvalue weighted by Gasteiger charge is -2.26. The van der Waals surface area contributed by atoms with Crippen LogP contribution in [0.3, 0.4) is 0 Å². The molecule has 0 radical (unpaired) electrons. The van der Waals surface area contributed by atoms with Gasteiger partial charge in [0.1, 0.15) is 17.1 Å². The molecule has 0 aliphatic carbocycles. The van der Waals surface area contributed by atoms with E-state index in [0.29, 0.717) is 24.7 Å². The smallest absolute Gasteiger partial charge is 0.225 e. The Morgan fingerprint density at radius 3 is 3.04 bits per heavy atom. The van der Waals surface area contributed by atoms with Crippen molar-refractivity contribution >= 4 is 16.9 Å². The van der Waals surface area contributed by atoms with E-state index >= 15 is 0 Å². The number of methoxy groups -OCH3 is 1. The van der Waals surface area contributed by atoms with E-state index in [2.05, 4.69) is 15.0 Å². The molecule has 0 saturated carbocycles. The molecule has 3 aromatic heterocycles. The number of nitrogens with zero attached hydrogens (tertiary/aromatic N) is 4. The second-order valence-corrected chi connectivity index (χ2v) is 6.33. The summed E-state index contributed by atoms with van der Waals surface area (Å²) in [7, 11) is 1.69. The fourth-order valence-corrected chi connectivity index (χ4v) is 3.26. The van der Waals surface area contributed by atoms with Crippen molar-refractivity contribution in [1.82, 2.24) is 19.5 Å². The Morgan fingerprint density at radius 1 is 1.42 bits per heavy atom. The summed E-state index contributed by atoms with van der Waals surface area (Å²) in [6, 6.07) is 3.95. The van der Waals surface area contributed by atoms with Gasteiger partial charge in [0, 0.05) is 49.7 Å². The molecule has 0 aromatic carbocycles. The third kappa shape index (κ3) is 2.83. The van der Waals surface area contributed by atoms with Crippen molar-refractivity contribution in [3.8, 4) is 5.69 Å². The van der Waals surface area contributed by atoms with E-state index in [1.165, 1.54) is 0 Å². The highest BCUT2D eigenvalue weighted by Gasteiger charge is 2.37. The van der Waals surface area contributed by atoms with Gasteiger partial charge in [-0.15, -0.1) is 0 Å². The minimum Gasteiger partial charge on any atom is -0.378 e. The molecule has 1 fully saturated rings. The monoisotopic (exact) mass is 353 g/mol. The van der Waals surface area contributed by atoms with Crippen molar-refractivity contribution in [2.75, 3.05) is 20.3 Å². The number of hydrogen-bond acceptors (Lipinski definition) is 6. The molecule has 1 unspecified atom stereocenters. The fraction of sp³-hybridized carbons (Fsp3) is 0.333. The lowest BCUT2D eigenvalue weighted by Crippen LogP contribution is -2.29. The fourth-order valence-electron chi connectivity index (χ4n) is 3.26. The summed E-state index contributed by atoms with van der Waals surface area (Å²) in [4.78, 5) is 24.2. The number of nitrogens with two attached hydrogens (primary N) is 1. The summed E-state index contributed by atoms with van der Waals surface area (Å²) >= 11 is 0. The van der Waals surface area contributed by atoms with Crippen molar-refractivity contribution in [3.05, 3.63) is 48.3 Å². The van der Waals surface area contributed by atoms with Crippen LogP contribution in [-0.2, 0) is 26.3 Å². The van der Waals surface area contributed by atoms with E-state index in [1.807, 2.05) is 22.9 Å². The number of amides is 1. The van der Waals surface area contributed by atoms with Crippen molar-refractivity contribution in [1.29, 1.82) is 0 Å². The third-order valence-corrected chi connectivity index (χ3v) is 4.71. The molecule has 0 spiro atoms. The zero-order valence-electron chi connectivity index (χ0n) is 14.4. The normalized spacial score (nSPS) is 19.9. The maximum atomic E-state index is 11.2. The third-order valence-electron chi connectivity index (χ3n) is 4.71. The Labute approximate surface area is 150 Å². The van der Waals surface area contributed by atoms with Crippen LogP contribution in [0.25, 0.3) is 16.7 Å². The second-order valence-electron chi connectivity index (χ2n) is 6.33. The average molecular weight is 353 g/mol. The molecule has 3 aromatic rings. The van der Waals surface area contributed by atoms with Crippen molar-refractivity contribution in [2.24, 2.45) is 5.73 Å². The van der Waals surface area contributed by atoms with E-state index in [4.69, 9.17) is 15.2 Å². The van der Waals surface area contributed by atoms with Gasteiger partial charge >= 0.3 is 0 Å². The summed E-state index contributed by atoms with van der Waals surface area (Å²) in [6.07, 6.45) is 7.95. The summed E-state index contributed by atoms with van der Waals surface area (Å²) in [6.45, 7) is 1.17. The molecule has 4 rings (SSSR count). The molecule has 1 saturated heterocycles. The molecular formula is C18H19N5O3. The zero-order chi connectivity index (χ0) is 18.1. The first-order chi connectivity index (χ1) is 12.6. The van der Waals surface area contributed by atoms with Crippen molar-refractivity contribution < 1.29 is 14.3 Å². The van der Waals surface area contributed by atoms with Crippen molar-refractivity contribution in [2.45, 2.75) is 18.4 Å². The Hall–Kier alpha value is -2.84. The predicted molar refractivity (Wildman–Crippen MR) is 93.7 cm³/mol. The van der Waals surface area contributed by atoms with Gasteiger partial charge in [-0.05, 0) is 12.1 Å². The molecule has 2 N–H and O–H groups in total. The number of fused-ring (bicyclic) bond motifs is 1. The van der Waals surface area contributed by atoms with Crippen LogP contribution < -0.4 is 5.73 Å². The van der Waals surface area contributed by atoms with Crippen LogP contribution in [0.5, 0.6) is 0 Å². The number of ether oxygens (including phenoxy) is 2. The number of carbonyl (C=O) groups is 1. The Morgan fingerprint density at radius 2 is 2.31 bits per heavy atom. The van der Waals surface area contributed by atoms with Gasteiger partial charge in [0.2, 0.25) is 5.91 Å². The zero-order valence-corrected chi connectivity index (χ0v) is 14.4. The van der Waals surface area contributed by atoms with Crippen LogP contribution in [0.15, 0.2) is 36.9 Å². The van der Waals surface area contributed by atoms with Gasteiger partial charge in [-0.25, -0.2) is 9.97 Å². The van der Waals surface area contributed by atoms with Gasteiger partial charge in [0.25, 0.3) is 0 Å². The summed E-state index contributed by atoms with van der Waals surface area (Å²) in [5.41, 5.74) is 7.29. The van der Waals surface area contributed by atoms with Gasteiger partial charge in [-0.3, -0.25) is 14.3 Å². The Bertz CT molecular complexity index is 962. The van der Waals surface area contributed by atoms with Crippen LogP contribution in [0.4, 0.5) is 0 Å². The van der Waals surface area contributed by atoms with Crippen LogP contribution in [0, 0.1) is 0 Å². The molecule has 0 bridgehead atoms. The van der Waals surface area contributed by atoms with E-state index in [0.717, 1.165) is 23.1 Å². The molecule has 134 valence electrons. The van der Waals surface area contributed by atoms with E-state index in [-0.39, 0.29) is 6.42 Å². The number of primary amides is 1. The van der Waals surface area contributed by atoms with Gasteiger partial charge in [0.15, 0.2) is 0 Å². The van der Waals surface area contributed by atoms with Crippen LogP contribution in [-0.4, -0.2) is 45.7 Å².